The first-order valence-electron chi connectivity index (χ1n) is 28.1. The minimum absolute atomic E-state index is 0.0172. The zero-order chi connectivity index (χ0) is 64.0. The third-order valence-corrected chi connectivity index (χ3v) is 15.6. The van der Waals surface area contributed by atoms with Gasteiger partial charge in [0.05, 0.1) is 58.1 Å². The molecule has 1 saturated heterocycles. The standard InChI is InChI=1S/C54H74N12O20S2/c67-46(4-2-23-85-41-26-38(28-55-29-41)45(27-48(69)70)66-14-9-37-25-40(7-8-44(37)66)86-24-10-39-6-5-36-3-1-11-57-52(36)59-39)56-12-13-58-53(77)42(34-87(79,80)81)61-54(78)43(35-88(82,83)84)60-47(68)30-62-15-17-63(31-49(71)72)19-21-65(33-51(75)76)22-20-64(18-16-62)32-50(73)74/h5-9,14,25-26,28-29,42-43,45H,1-4,10-13,15-24,27,30-35H2,(H,56,67)(H,57,59)(H,58,77)(H,60,68)(H,61,78)(H,69,70)(H,71,72)(H,73,74)(H,75,76)(H,79,80,81)(H,82,83,84)/t42-,43-,45?/m0/s1. The second-order valence-electron chi connectivity index (χ2n) is 21.0. The molecule has 32 nitrogen and oxygen atoms in total. The highest BCUT2D eigenvalue weighted by atomic mass is 32.2. The molecule has 1 fully saturated rings. The molecule has 0 aliphatic carbocycles. The van der Waals surface area contributed by atoms with Gasteiger partial charge >= 0.3 is 23.9 Å². The van der Waals surface area contributed by atoms with E-state index in [1.807, 2.05) is 40.2 Å². The summed E-state index contributed by atoms with van der Waals surface area (Å²) in [5, 5.41) is 51.5. The van der Waals surface area contributed by atoms with Crippen molar-refractivity contribution in [1.82, 2.24) is 55.4 Å². The van der Waals surface area contributed by atoms with Crippen LogP contribution in [0.2, 0.25) is 0 Å². The molecule has 4 aromatic rings. The average molecular weight is 1280 g/mol. The van der Waals surface area contributed by atoms with E-state index in [0.29, 0.717) is 30.1 Å². The summed E-state index contributed by atoms with van der Waals surface area (Å²) in [5.74, 6) is -9.99. The summed E-state index contributed by atoms with van der Waals surface area (Å²) in [6.07, 6.45) is 7.27. The maximum Gasteiger partial charge on any atom is 0.317 e. The smallest absolute Gasteiger partial charge is 0.317 e. The lowest BCUT2D eigenvalue weighted by Crippen LogP contribution is -2.58. The first-order valence-corrected chi connectivity index (χ1v) is 31.3. The van der Waals surface area contributed by atoms with Crippen molar-refractivity contribution in [3.05, 3.63) is 77.9 Å². The number of carboxylic acids is 4. The Morgan fingerprint density at radius 2 is 1.20 bits per heavy atom. The Morgan fingerprint density at radius 3 is 1.80 bits per heavy atom. The summed E-state index contributed by atoms with van der Waals surface area (Å²) in [7, 11) is -10.1. The third-order valence-electron chi connectivity index (χ3n) is 14.1. The van der Waals surface area contributed by atoms with E-state index in [9.17, 15) is 84.7 Å². The number of anilines is 1. The lowest BCUT2D eigenvalue weighted by Gasteiger charge is -2.33. The van der Waals surface area contributed by atoms with E-state index in [0.717, 1.165) is 41.8 Å². The SMILES string of the molecule is O=C(O)CC(c1cncc(OCCCC(=O)NCCNC(=O)[C@H](CS(=O)(=O)O)NC(=O)[C@H](CS(=O)(=O)O)NC(=O)CN2CCN(CC(=O)O)CCN(CC(=O)O)CCN(CC(=O)O)CC2)c1)n1ccc2cc(OCCc3ccc4c(n3)NCCC4)ccc21. The van der Waals surface area contributed by atoms with E-state index < -0.39 is 124 Å². The molecule has 0 saturated carbocycles. The van der Waals surface area contributed by atoms with Gasteiger partial charge in [-0.3, -0.25) is 72.0 Å². The predicted molar refractivity (Wildman–Crippen MR) is 313 cm³/mol. The number of amides is 4. The molecule has 3 atom stereocenters. The van der Waals surface area contributed by atoms with E-state index in [4.69, 9.17) is 14.5 Å². The fraction of sp³-hybridized carbons (Fsp3) is 0.519. The topological polar surface area (TPSA) is 448 Å². The number of aliphatic carboxylic acids is 4. The van der Waals surface area contributed by atoms with Gasteiger partial charge in [0.25, 0.3) is 20.2 Å². The molecule has 5 heterocycles. The molecule has 482 valence electrons. The Balaban J connectivity index is 0.977. The number of aryl methyl sites for hydroxylation is 1. The van der Waals surface area contributed by atoms with E-state index in [-0.39, 0.29) is 91.3 Å². The van der Waals surface area contributed by atoms with Gasteiger partial charge < -0.3 is 61.1 Å². The summed E-state index contributed by atoms with van der Waals surface area (Å²) in [6.45, 7) is -1.14. The molecule has 2 aliphatic heterocycles. The Kier molecular flexibility index (Phi) is 26.1. The maximum atomic E-state index is 13.6. The van der Waals surface area contributed by atoms with E-state index in [1.54, 1.807) is 12.3 Å². The molecule has 0 radical (unpaired) electrons. The predicted octanol–water partition coefficient (Wildman–Crippen LogP) is -1.91. The van der Waals surface area contributed by atoms with Crippen LogP contribution in [0.3, 0.4) is 0 Å². The van der Waals surface area contributed by atoms with Crippen molar-refractivity contribution in [2.45, 2.75) is 56.7 Å². The number of nitrogens with zero attached hydrogens (tertiary/aromatic N) is 7. The number of rotatable bonds is 32. The number of nitrogens with one attached hydrogen (secondary N) is 5. The second-order valence-corrected chi connectivity index (χ2v) is 24.0. The number of aromatic nitrogens is 3. The fourth-order valence-corrected chi connectivity index (χ4v) is 11.1. The molecule has 3 aromatic heterocycles. The third kappa shape index (κ3) is 24.2. The van der Waals surface area contributed by atoms with Crippen molar-refractivity contribution in [3.63, 3.8) is 0 Å². The zero-order valence-corrected chi connectivity index (χ0v) is 49.7. The number of carbonyl (C=O) groups excluding carboxylic acids is 4. The quantitative estimate of drug-likeness (QED) is 0.0188. The van der Waals surface area contributed by atoms with Gasteiger partial charge in [0.1, 0.15) is 40.9 Å². The van der Waals surface area contributed by atoms with Gasteiger partial charge in [-0.25, -0.2) is 4.98 Å². The van der Waals surface area contributed by atoms with E-state index >= 15 is 0 Å². The Hall–Kier alpha value is -8.12. The van der Waals surface area contributed by atoms with Crippen LogP contribution in [0.4, 0.5) is 5.82 Å². The molecule has 6 rings (SSSR count). The Labute approximate surface area is 506 Å². The highest BCUT2D eigenvalue weighted by molar-refractivity contribution is 7.86. The van der Waals surface area contributed by atoms with Crippen LogP contribution in [0.25, 0.3) is 10.9 Å². The molecule has 4 amide bonds. The van der Waals surface area contributed by atoms with Gasteiger partial charge in [0, 0.05) is 114 Å². The van der Waals surface area contributed by atoms with E-state index in [2.05, 4.69) is 32.3 Å². The van der Waals surface area contributed by atoms with Crippen LogP contribution in [0, 0.1) is 0 Å². The van der Waals surface area contributed by atoms with Crippen LogP contribution in [0.5, 0.6) is 11.5 Å². The summed E-state index contributed by atoms with van der Waals surface area (Å²) in [6, 6.07) is 8.19. The normalized spacial score (nSPS) is 16.0. The molecule has 2 aliphatic rings. The van der Waals surface area contributed by atoms with Crippen molar-refractivity contribution in [1.29, 1.82) is 0 Å². The first kappa shape index (κ1) is 69.0. The van der Waals surface area contributed by atoms with Crippen molar-refractivity contribution in [2.24, 2.45) is 0 Å². The van der Waals surface area contributed by atoms with Crippen LogP contribution in [-0.2, 0) is 71.4 Å². The average Bonchev–Trinajstić information content (AvgIpc) is 4.04. The number of hydrogen-bond donors (Lipinski definition) is 11. The molecule has 1 unspecified atom stereocenters. The van der Waals surface area contributed by atoms with Gasteiger partial charge in [0.2, 0.25) is 23.6 Å². The highest BCUT2D eigenvalue weighted by Crippen LogP contribution is 2.31. The van der Waals surface area contributed by atoms with Crippen molar-refractivity contribution in [2.75, 3.05) is 128 Å². The number of benzene rings is 1. The largest absolute Gasteiger partial charge is 0.493 e. The van der Waals surface area contributed by atoms with Crippen LogP contribution < -0.4 is 36.1 Å². The number of fused-ring (bicyclic) bond motifs is 2. The highest BCUT2D eigenvalue weighted by Gasteiger charge is 2.33. The number of carboxylic acid groups (broad SMARTS) is 4. The van der Waals surface area contributed by atoms with Crippen LogP contribution >= 0.6 is 0 Å². The maximum absolute atomic E-state index is 13.6. The van der Waals surface area contributed by atoms with Gasteiger partial charge in [-0.2, -0.15) is 16.8 Å². The minimum Gasteiger partial charge on any atom is -0.493 e. The van der Waals surface area contributed by atoms with Gasteiger partial charge in [-0.1, -0.05) is 6.07 Å². The lowest BCUT2D eigenvalue weighted by atomic mass is 10.1. The molecule has 11 N–H and O–H groups in total. The van der Waals surface area contributed by atoms with Crippen molar-refractivity contribution >= 4 is 84.5 Å². The molecule has 0 spiro atoms. The molecule has 0 bridgehead atoms. The van der Waals surface area contributed by atoms with Gasteiger partial charge in [-0.05, 0) is 66.8 Å². The number of hydrogen-bond acceptors (Lipinski definition) is 21. The monoisotopic (exact) mass is 1270 g/mol. The molecular formula is C54H74N12O20S2. The van der Waals surface area contributed by atoms with Crippen LogP contribution in [0.1, 0.15) is 48.5 Å². The van der Waals surface area contributed by atoms with Crippen molar-refractivity contribution < 1.29 is 94.2 Å². The molecular weight excluding hydrogens is 1200 g/mol. The Bertz CT molecular complexity index is 3300. The second kappa shape index (κ2) is 33.3. The lowest BCUT2D eigenvalue weighted by molar-refractivity contribution is -0.140. The molecule has 88 heavy (non-hydrogen) atoms. The summed E-state index contributed by atoms with van der Waals surface area (Å²) >= 11 is 0. The van der Waals surface area contributed by atoms with Crippen molar-refractivity contribution in [3.8, 4) is 11.5 Å². The molecule has 1 aromatic carbocycles. The number of carbonyl (C=O) groups is 8. The van der Waals surface area contributed by atoms with Crippen LogP contribution in [-0.4, -0.2) is 263 Å². The zero-order valence-electron chi connectivity index (χ0n) is 48.0. The minimum atomic E-state index is -5.09. The summed E-state index contributed by atoms with van der Waals surface area (Å²) in [5.41, 5.74) is 3.42. The number of pyridine rings is 2. The van der Waals surface area contributed by atoms with Gasteiger partial charge in [-0.15, -0.1) is 0 Å². The fourth-order valence-electron chi connectivity index (χ4n) is 9.83. The van der Waals surface area contributed by atoms with E-state index in [1.165, 1.54) is 37.6 Å². The van der Waals surface area contributed by atoms with Gasteiger partial charge in [0.15, 0.2) is 0 Å². The number of ether oxygens (including phenoxy) is 2. The first-order chi connectivity index (χ1) is 41.7. The van der Waals surface area contributed by atoms with Crippen LogP contribution in [0.15, 0.2) is 61.1 Å². The summed E-state index contributed by atoms with van der Waals surface area (Å²) < 4.78 is 81.4. The Morgan fingerprint density at radius 1 is 0.625 bits per heavy atom. The summed E-state index contributed by atoms with van der Waals surface area (Å²) in [4.78, 5) is 115. The molecule has 34 heteroatoms.